The fourth-order valence-electron chi connectivity index (χ4n) is 6.32. The standard InChI is InChI=1S/C32H41N5O5.2ClH/c1-4-41-31-26(30(40-3)33-32(34-31)42-5-2)20-35-18-25-19-36(28(39)22-38)16-17-37(25)27(21-35)29(23-12-8-6-9-13-23)24-14-10-7-11-15-24;;/h6-15,25,27,29,38H,4-5,16-22H2,1-3H3;2*1H/t25-,27+;;/m1../s1. The van der Waals surface area contributed by atoms with Gasteiger partial charge in [0.25, 0.3) is 0 Å². The van der Waals surface area contributed by atoms with E-state index in [4.69, 9.17) is 14.2 Å². The van der Waals surface area contributed by atoms with Gasteiger partial charge < -0.3 is 24.2 Å². The molecule has 2 saturated heterocycles. The maximum atomic E-state index is 12.5. The SMILES string of the molecule is CCOc1nc(OC)c(CN2C[C@@H]3CN(C(=O)CO)CCN3[C@H](C(c3ccccc3)c3ccccc3)C2)c(OCC)n1.Cl.Cl. The predicted octanol–water partition coefficient (Wildman–Crippen LogP) is 3.65. The van der Waals surface area contributed by atoms with Gasteiger partial charge in [0.15, 0.2) is 0 Å². The van der Waals surface area contributed by atoms with Gasteiger partial charge in [0.1, 0.15) is 6.61 Å². The Kier molecular flexibility index (Phi) is 13.5. The highest BCUT2D eigenvalue weighted by molar-refractivity contribution is 5.85. The number of methoxy groups -OCH3 is 1. The molecule has 10 nitrogen and oxygen atoms in total. The zero-order valence-electron chi connectivity index (χ0n) is 25.5. The Labute approximate surface area is 272 Å². The van der Waals surface area contributed by atoms with Crippen LogP contribution in [-0.4, -0.2) is 107 Å². The number of carbonyl (C=O) groups is 1. The molecule has 44 heavy (non-hydrogen) atoms. The molecule has 240 valence electrons. The normalized spacial score (nSPS) is 18.5. The number of aliphatic hydroxyl groups is 1. The third kappa shape index (κ3) is 7.92. The van der Waals surface area contributed by atoms with Crippen LogP contribution in [0.2, 0.25) is 0 Å². The average molecular weight is 649 g/mol. The summed E-state index contributed by atoms with van der Waals surface area (Å²) in [7, 11) is 1.60. The zero-order chi connectivity index (χ0) is 29.5. The minimum Gasteiger partial charge on any atom is -0.481 e. The van der Waals surface area contributed by atoms with Crippen molar-refractivity contribution in [2.75, 3.05) is 59.7 Å². The summed E-state index contributed by atoms with van der Waals surface area (Å²) < 4.78 is 17.3. The van der Waals surface area contributed by atoms with Crippen LogP contribution in [-0.2, 0) is 11.3 Å². The predicted molar refractivity (Wildman–Crippen MR) is 173 cm³/mol. The number of aromatic nitrogens is 2. The lowest BCUT2D eigenvalue weighted by Gasteiger charge is -2.53. The summed E-state index contributed by atoms with van der Waals surface area (Å²) in [5, 5.41) is 9.60. The van der Waals surface area contributed by atoms with Gasteiger partial charge in [-0.25, -0.2) is 0 Å². The fourth-order valence-corrected chi connectivity index (χ4v) is 6.32. The minimum absolute atomic E-state index is 0. The number of rotatable bonds is 11. The van der Waals surface area contributed by atoms with Gasteiger partial charge in [-0.2, -0.15) is 9.97 Å². The first kappa shape index (κ1) is 35.3. The lowest BCUT2D eigenvalue weighted by molar-refractivity contribution is -0.139. The van der Waals surface area contributed by atoms with E-state index in [2.05, 4.69) is 68.3 Å². The Bertz CT molecular complexity index is 1280. The van der Waals surface area contributed by atoms with Gasteiger partial charge in [-0.05, 0) is 25.0 Å². The van der Waals surface area contributed by atoms with Crippen LogP contribution < -0.4 is 14.2 Å². The highest BCUT2D eigenvalue weighted by atomic mass is 35.5. The summed E-state index contributed by atoms with van der Waals surface area (Å²) in [5.74, 6) is 0.767. The molecule has 2 atom stereocenters. The van der Waals surface area contributed by atoms with E-state index in [-0.39, 0.29) is 54.7 Å². The van der Waals surface area contributed by atoms with E-state index in [0.717, 1.165) is 25.2 Å². The topological polar surface area (TPSA) is 100 Å². The number of hydrogen-bond acceptors (Lipinski definition) is 9. The minimum atomic E-state index is -0.477. The maximum absolute atomic E-state index is 12.5. The van der Waals surface area contributed by atoms with Crippen molar-refractivity contribution in [3.05, 3.63) is 77.4 Å². The third-order valence-electron chi connectivity index (χ3n) is 8.10. The second-order valence-corrected chi connectivity index (χ2v) is 10.6. The van der Waals surface area contributed by atoms with Crippen LogP contribution in [0.3, 0.4) is 0 Å². The van der Waals surface area contributed by atoms with Gasteiger partial charge in [-0.15, -0.1) is 24.8 Å². The number of aliphatic hydroxyl groups excluding tert-OH is 1. The molecule has 0 spiro atoms. The number of piperazine rings is 2. The molecule has 3 heterocycles. The lowest BCUT2D eigenvalue weighted by Crippen LogP contribution is -2.67. The highest BCUT2D eigenvalue weighted by Gasteiger charge is 2.43. The molecular weight excluding hydrogens is 605 g/mol. The van der Waals surface area contributed by atoms with Gasteiger partial charge in [0.2, 0.25) is 17.7 Å². The zero-order valence-corrected chi connectivity index (χ0v) is 27.1. The molecule has 0 saturated carbocycles. The average Bonchev–Trinajstić information content (AvgIpc) is 3.03. The monoisotopic (exact) mass is 647 g/mol. The van der Waals surface area contributed by atoms with E-state index in [0.29, 0.717) is 44.6 Å². The van der Waals surface area contributed by atoms with Crippen molar-refractivity contribution in [2.24, 2.45) is 0 Å². The van der Waals surface area contributed by atoms with Crippen molar-refractivity contribution >= 4 is 30.7 Å². The van der Waals surface area contributed by atoms with Gasteiger partial charge in [0.05, 0.1) is 25.9 Å². The van der Waals surface area contributed by atoms with Gasteiger partial charge in [0, 0.05) is 57.3 Å². The van der Waals surface area contributed by atoms with Gasteiger partial charge in [-0.1, -0.05) is 60.7 Å². The van der Waals surface area contributed by atoms with Crippen LogP contribution >= 0.6 is 24.8 Å². The molecule has 0 aliphatic carbocycles. The van der Waals surface area contributed by atoms with Crippen LogP contribution in [0.5, 0.6) is 17.8 Å². The van der Waals surface area contributed by atoms with E-state index < -0.39 is 6.61 Å². The molecule has 1 aromatic heterocycles. The fraction of sp³-hybridized carbons (Fsp3) is 0.469. The molecule has 1 amide bonds. The van der Waals surface area contributed by atoms with Crippen molar-refractivity contribution < 1.29 is 24.1 Å². The molecular formula is C32H43Cl2N5O5. The number of nitrogens with zero attached hydrogens (tertiary/aromatic N) is 5. The van der Waals surface area contributed by atoms with E-state index in [9.17, 15) is 9.90 Å². The van der Waals surface area contributed by atoms with Crippen molar-refractivity contribution in [1.29, 1.82) is 0 Å². The number of carbonyl (C=O) groups excluding carboxylic acids is 1. The first-order chi connectivity index (χ1) is 20.6. The molecule has 3 aromatic rings. The van der Waals surface area contributed by atoms with Gasteiger partial charge in [-0.3, -0.25) is 14.6 Å². The number of ether oxygens (including phenoxy) is 3. The van der Waals surface area contributed by atoms with Crippen LogP contribution in [0.25, 0.3) is 0 Å². The summed E-state index contributed by atoms with van der Waals surface area (Å²) in [4.78, 5) is 28.3. The van der Waals surface area contributed by atoms with E-state index in [1.54, 1.807) is 12.0 Å². The molecule has 0 bridgehead atoms. The Morgan fingerprint density at radius 3 is 2.07 bits per heavy atom. The summed E-state index contributed by atoms with van der Waals surface area (Å²) in [6.45, 7) is 8.11. The molecule has 2 aromatic carbocycles. The summed E-state index contributed by atoms with van der Waals surface area (Å²) in [6, 6.07) is 21.7. The quantitative estimate of drug-likeness (QED) is 0.334. The van der Waals surface area contributed by atoms with E-state index in [1.165, 1.54) is 11.1 Å². The molecule has 1 N–H and O–H groups in total. The molecule has 2 aliphatic heterocycles. The second kappa shape index (κ2) is 16.8. The molecule has 0 radical (unpaired) electrons. The largest absolute Gasteiger partial charge is 0.481 e. The van der Waals surface area contributed by atoms with Crippen LogP contribution in [0, 0.1) is 0 Å². The first-order valence-corrected chi connectivity index (χ1v) is 14.7. The van der Waals surface area contributed by atoms with E-state index in [1.807, 2.05) is 26.0 Å². The van der Waals surface area contributed by atoms with Crippen LogP contribution in [0.15, 0.2) is 60.7 Å². The molecule has 2 fully saturated rings. The highest BCUT2D eigenvalue weighted by Crippen LogP contribution is 2.37. The number of hydrogen-bond donors (Lipinski definition) is 1. The van der Waals surface area contributed by atoms with Crippen molar-refractivity contribution in [1.82, 2.24) is 24.7 Å². The summed E-state index contributed by atoms with van der Waals surface area (Å²) in [6.07, 6.45) is 0. The van der Waals surface area contributed by atoms with Crippen LogP contribution in [0.4, 0.5) is 0 Å². The van der Waals surface area contributed by atoms with Gasteiger partial charge >= 0.3 is 6.01 Å². The maximum Gasteiger partial charge on any atom is 0.323 e. The van der Waals surface area contributed by atoms with Crippen LogP contribution in [0.1, 0.15) is 36.5 Å². The lowest BCUT2D eigenvalue weighted by atomic mass is 9.81. The molecule has 0 unspecified atom stereocenters. The smallest absolute Gasteiger partial charge is 0.323 e. The molecule has 12 heteroatoms. The second-order valence-electron chi connectivity index (χ2n) is 10.6. The molecule has 5 rings (SSSR count). The number of benzene rings is 2. The summed E-state index contributed by atoms with van der Waals surface area (Å²) in [5.41, 5.74) is 3.27. The van der Waals surface area contributed by atoms with E-state index >= 15 is 0 Å². The third-order valence-corrected chi connectivity index (χ3v) is 8.10. The molecule has 2 aliphatic rings. The Morgan fingerprint density at radius 2 is 1.50 bits per heavy atom. The first-order valence-electron chi connectivity index (χ1n) is 14.7. The number of amides is 1. The van der Waals surface area contributed by atoms with Crippen molar-refractivity contribution in [2.45, 2.75) is 38.4 Å². The summed E-state index contributed by atoms with van der Waals surface area (Å²) >= 11 is 0. The Balaban J connectivity index is 0.00000264. The Morgan fingerprint density at radius 1 is 0.886 bits per heavy atom. The number of fused-ring (bicyclic) bond motifs is 1. The Hall–Kier alpha value is -3.15. The van der Waals surface area contributed by atoms with Crippen molar-refractivity contribution in [3.63, 3.8) is 0 Å². The number of halogens is 2. The van der Waals surface area contributed by atoms with Crippen molar-refractivity contribution in [3.8, 4) is 17.8 Å².